The Morgan fingerprint density at radius 3 is 2.85 bits per heavy atom. The lowest BCUT2D eigenvalue weighted by Gasteiger charge is -2.31. The van der Waals surface area contributed by atoms with Crippen LogP contribution in [0.1, 0.15) is 31.4 Å². The molecule has 170 valence electrons. The van der Waals surface area contributed by atoms with Crippen molar-refractivity contribution in [1.82, 2.24) is 14.5 Å². The van der Waals surface area contributed by atoms with E-state index in [2.05, 4.69) is 9.97 Å². The normalized spacial score (nSPS) is 22.9. The fourth-order valence-electron chi connectivity index (χ4n) is 4.81. The first kappa shape index (κ1) is 21.8. The number of nitrogen functional groups attached to an aromatic ring is 1. The first-order chi connectivity index (χ1) is 15.8. The molecule has 0 saturated heterocycles. The van der Waals surface area contributed by atoms with Crippen LogP contribution in [0.4, 0.5) is 10.2 Å². The Kier molecular flexibility index (Phi) is 5.35. The van der Waals surface area contributed by atoms with Gasteiger partial charge in [-0.1, -0.05) is 24.6 Å². The molecule has 0 spiro atoms. The van der Waals surface area contributed by atoms with Gasteiger partial charge in [-0.05, 0) is 66.8 Å². The van der Waals surface area contributed by atoms with E-state index in [0.717, 1.165) is 22.2 Å². The van der Waals surface area contributed by atoms with E-state index in [4.69, 9.17) is 17.3 Å². The molecule has 4 aromatic rings. The summed E-state index contributed by atoms with van der Waals surface area (Å²) >= 11 is 5.98. The highest BCUT2D eigenvalue weighted by atomic mass is 35.5. The molecule has 5 rings (SSSR count). The van der Waals surface area contributed by atoms with Crippen molar-refractivity contribution in [2.75, 3.05) is 5.73 Å². The molecule has 0 fully saturated rings. The molecule has 0 aliphatic heterocycles. The SMILES string of the molecule is CC[C@@]1(O)C(CCc2cc(F)c3cc(Cl)c(N)nc3c2)=C[C@@H](n2ccc3cccnc32)[C@@H]1O. The predicted molar refractivity (Wildman–Crippen MR) is 128 cm³/mol. The minimum Gasteiger partial charge on any atom is -0.387 e. The summed E-state index contributed by atoms with van der Waals surface area (Å²) in [6.07, 6.45) is 5.75. The van der Waals surface area contributed by atoms with Gasteiger partial charge in [0.15, 0.2) is 0 Å². The summed E-state index contributed by atoms with van der Waals surface area (Å²) < 4.78 is 16.6. The Labute approximate surface area is 195 Å². The van der Waals surface area contributed by atoms with Gasteiger partial charge in [-0.25, -0.2) is 14.4 Å². The minimum absolute atomic E-state index is 0.151. The van der Waals surface area contributed by atoms with Crippen molar-refractivity contribution in [2.24, 2.45) is 0 Å². The highest BCUT2D eigenvalue weighted by molar-refractivity contribution is 6.33. The Morgan fingerprint density at radius 1 is 1.24 bits per heavy atom. The van der Waals surface area contributed by atoms with E-state index >= 15 is 0 Å². The third-order valence-electron chi connectivity index (χ3n) is 6.68. The van der Waals surface area contributed by atoms with E-state index in [0.29, 0.717) is 30.2 Å². The van der Waals surface area contributed by atoms with Crippen molar-refractivity contribution in [2.45, 2.75) is 43.9 Å². The fourth-order valence-corrected chi connectivity index (χ4v) is 4.96. The quantitative estimate of drug-likeness (QED) is 0.374. The maximum absolute atomic E-state index is 14.7. The number of nitrogens with zero attached hydrogens (tertiary/aromatic N) is 3. The minimum atomic E-state index is -1.37. The average Bonchev–Trinajstić information content (AvgIpc) is 3.33. The second-order valence-electron chi connectivity index (χ2n) is 8.54. The van der Waals surface area contributed by atoms with Gasteiger partial charge in [-0.2, -0.15) is 0 Å². The van der Waals surface area contributed by atoms with Gasteiger partial charge in [0, 0.05) is 23.2 Å². The molecule has 3 heterocycles. The summed E-state index contributed by atoms with van der Waals surface area (Å²) in [7, 11) is 0. The van der Waals surface area contributed by atoms with Gasteiger partial charge in [0.2, 0.25) is 0 Å². The van der Waals surface area contributed by atoms with Gasteiger partial charge in [0.25, 0.3) is 0 Å². The average molecular weight is 467 g/mol. The number of aromatic nitrogens is 3. The molecule has 4 N–H and O–H groups in total. The van der Waals surface area contributed by atoms with Crippen LogP contribution in [0, 0.1) is 5.82 Å². The second kappa shape index (κ2) is 8.09. The van der Waals surface area contributed by atoms with Crippen LogP contribution in [0.2, 0.25) is 5.02 Å². The molecule has 6 nitrogen and oxygen atoms in total. The summed E-state index contributed by atoms with van der Waals surface area (Å²) in [5.41, 5.74) is 7.04. The molecule has 0 unspecified atom stereocenters. The molecule has 8 heteroatoms. The number of fused-ring (bicyclic) bond motifs is 2. The Bertz CT molecular complexity index is 1400. The number of hydrogen-bond acceptors (Lipinski definition) is 5. The van der Waals surface area contributed by atoms with E-state index in [1.54, 1.807) is 12.3 Å². The molecule has 1 aliphatic carbocycles. The lowest BCUT2D eigenvalue weighted by atomic mass is 9.86. The van der Waals surface area contributed by atoms with E-state index in [-0.39, 0.29) is 10.8 Å². The largest absolute Gasteiger partial charge is 0.387 e. The van der Waals surface area contributed by atoms with Gasteiger partial charge >= 0.3 is 0 Å². The van der Waals surface area contributed by atoms with Crippen molar-refractivity contribution < 1.29 is 14.6 Å². The van der Waals surface area contributed by atoms with Crippen LogP contribution in [-0.4, -0.2) is 36.5 Å². The van der Waals surface area contributed by atoms with E-state index in [9.17, 15) is 14.6 Å². The van der Waals surface area contributed by atoms with E-state index in [1.807, 2.05) is 42.0 Å². The van der Waals surface area contributed by atoms with Crippen LogP contribution in [0.15, 0.2) is 60.4 Å². The third kappa shape index (κ3) is 3.57. The van der Waals surface area contributed by atoms with Crippen molar-refractivity contribution >= 4 is 39.4 Å². The Hall–Kier alpha value is -3.00. The number of aryl methyl sites for hydroxylation is 1. The molecule has 1 aromatic carbocycles. The number of benzene rings is 1. The van der Waals surface area contributed by atoms with Crippen LogP contribution in [0.3, 0.4) is 0 Å². The summed E-state index contributed by atoms with van der Waals surface area (Å²) in [6.45, 7) is 1.84. The summed E-state index contributed by atoms with van der Waals surface area (Å²) in [5.74, 6) is -0.274. The number of rotatable bonds is 5. The number of pyridine rings is 2. The number of halogens is 2. The van der Waals surface area contributed by atoms with Gasteiger partial charge in [0.05, 0.1) is 16.6 Å². The van der Waals surface area contributed by atoms with Crippen LogP contribution in [-0.2, 0) is 6.42 Å². The molecular formula is C25H24ClFN4O2. The molecule has 33 heavy (non-hydrogen) atoms. The molecule has 3 atom stereocenters. The molecular weight excluding hydrogens is 443 g/mol. The Balaban J connectivity index is 1.46. The van der Waals surface area contributed by atoms with Crippen molar-refractivity contribution in [3.05, 3.63) is 76.8 Å². The number of aliphatic hydroxyl groups is 2. The molecule has 0 radical (unpaired) electrons. The summed E-state index contributed by atoms with van der Waals surface area (Å²) in [4.78, 5) is 8.64. The molecule has 3 aromatic heterocycles. The van der Waals surface area contributed by atoms with Gasteiger partial charge < -0.3 is 20.5 Å². The lowest BCUT2D eigenvalue weighted by Crippen LogP contribution is -2.43. The van der Waals surface area contributed by atoms with E-state index < -0.39 is 23.6 Å². The number of anilines is 1. The predicted octanol–water partition coefficient (Wildman–Crippen LogP) is 4.58. The standard InChI is InChI=1S/C25H24ClFN4O2/c1-2-25(33)16(12-21(22(25)32)31-9-7-15-4-3-8-29-24(15)31)6-5-14-10-19(27)17-13-18(26)23(28)30-20(17)11-14/h3-4,7-13,21-22,32-33H,2,5-6H2,1H3,(H2,28,30)/t21-,22+,25-/m1/s1. The van der Waals surface area contributed by atoms with Gasteiger partial charge in [-0.15, -0.1) is 0 Å². The highest BCUT2D eigenvalue weighted by Crippen LogP contribution is 2.42. The van der Waals surface area contributed by atoms with Crippen LogP contribution in [0.25, 0.3) is 21.9 Å². The Morgan fingerprint density at radius 2 is 2.06 bits per heavy atom. The zero-order valence-electron chi connectivity index (χ0n) is 18.0. The number of hydrogen-bond donors (Lipinski definition) is 3. The van der Waals surface area contributed by atoms with Crippen LogP contribution >= 0.6 is 11.6 Å². The third-order valence-corrected chi connectivity index (χ3v) is 6.99. The fraction of sp³-hybridized carbons (Fsp3) is 0.280. The van der Waals surface area contributed by atoms with Crippen molar-refractivity contribution in [1.29, 1.82) is 0 Å². The van der Waals surface area contributed by atoms with Crippen molar-refractivity contribution in [3.8, 4) is 0 Å². The smallest absolute Gasteiger partial charge is 0.142 e. The molecule has 1 aliphatic rings. The summed E-state index contributed by atoms with van der Waals surface area (Å²) in [5, 5.41) is 24.0. The first-order valence-electron chi connectivity index (χ1n) is 10.9. The zero-order valence-corrected chi connectivity index (χ0v) is 18.8. The molecule has 0 amide bonds. The van der Waals surface area contributed by atoms with Gasteiger partial charge in [0.1, 0.15) is 29.0 Å². The molecule has 0 bridgehead atoms. The topological polar surface area (TPSA) is 97.2 Å². The van der Waals surface area contributed by atoms with Crippen molar-refractivity contribution in [3.63, 3.8) is 0 Å². The highest BCUT2D eigenvalue weighted by Gasteiger charge is 2.47. The lowest BCUT2D eigenvalue weighted by molar-refractivity contribution is -0.0542. The second-order valence-corrected chi connectivity index (χ2v) is 8.95. The zero-order chi connectivity index (χ0) is 23.3. The number of aliphatic hydroxyl groups excluding tert-OH is 1. The molecule has 0 saturated carbocycles. The maximum atomic E-state index is 14.7. The van der Waals surface area contributed by atoms with Gasteiger partial charge in [-0.3, -0.25) is 0 Å². The van der Waals surface area contributed by atoms with Crippen LogP contribution in [0.5, 0.6) is 0 Å². The monoisotopic (exact) mass is 466 g/mol. The summed E-state index contributed by atoms with van der Waals surface area (Å²) in [6, 6.07) is 10.0. The van der Waals surface area contributed by atoms with E-state index in [1.165, 1.54) is 12.1 Å². The number of nitrogens with two attached hydrogens (primary N) is 1. The maximum Gasteiger partial charge on any atom is 0.142 e. The van der Waals surface area contributed by atoms with Crippen LogP contribution < -0.4 is 5.73 Å². The first-order valence-corrected chi connectivity index (χ1v) is 11.3.